The van der Waals surface area contributed by atoms with Gasteiger partial charge in [-0.25, -0.2) is 9.37 Å². The smallest absolute Gasteiger partial charge is 0.270 e. The maximum atomic E-state index is 13.9. The molecule has 0 aliphatic heterocycles. The van der Waals surface area contributed by atoms with Crippen molar-refractivity contribution in [2.24, 2.45) is 0 Å². The van der Waals surface area contributed by atoms with Gasteiger partial charge in [-0.1, -0.05) is 36.7 Å². The van der Waals surface area contributed by atoms with Crippen LogP contribution in [-0.2, 0) is 0 Å². The molecule has 0 aliphatic carbocycles. The van der Waals surface area contributed by atoms with Crippen molar-refractivity contribution in [2.45, 2.75) is 26.3 Å². The van der Waals surface area contributed by atoms with Gasteiger partial charge in [0.1, 0.15) is 11.6 Å². The molecular weight excluding hydrogens is 487 g/mol. The maximum Gasteiger partial charge on any atom is 0.270 e. The number of carbonyl (C=O) groups is 1. The molecule has 3 aromatic carbocycles. The summed E-state index contributed by atoms with van der Waals surface area (Å²) >= 11 is 6.02. The van der Waals surface area contributed by atoms with Gasteiger partial charge in [0.05, 0.1) is 32.6 Å². The first-order valence-electron chi connectivity index (χ1n) is 11.3. The molecule has 1 aromatic heterocycles. The molecule has 0 bridgehead atoms. The molecule has 0 radical (unpaired) electrons. The van der Waals surface area contributed by atoms with Gasteiger partial charge in [-0.3, -0.25) is 24.3 Å². The number of nitro groups is 1. The van der Waals surface area contributed by atoms with E-state index in [1.54, 1.807) is 31.2 Å². The molecule has 0 N–H and O–H groups in total. The first-order valence-corrected chi connectivity index (χ1v) is 11.6. The molecule has 0 spiro atoms. The summed E-state index contributed by atoms with van der Waals surface area (Å²) in [6.45, 7) is 3.92. The third-order valence-corrected chi connectivity index (χ3v) is 6.12. The van der Waals surface area contributed by atoms with E-state index in [2.05, 4.69) is 0 Å². The van der Waals surface area contributed by atoms with Crippen LogP contribution < -0.4 is 5.56 Å². The Morgan fingerprint density at radius 2 is 1.92 bits per heavy atom. The second kappa shape index (κ2) is 10.2. The summed E-state index contributed by atoms with van der Waals surface area (Å²) in [5.74, 6) is -0.835. The Morgan fingerprint density at radius 3 is 2.61 bits per heavy atom. The van der Waals surface area contributed by atoms with Gasteiger partial charge in [0, 0.05) is 24.2 Å². The van der Waals surface area contributed by atoms with E-state index < -0.39 is 28.2 Å². The number of rotatable bonds is 7. The highest BCUT2D eigenvalue weighted by Gasteiger charge is 2.28. The Bertz CT molecular complexity index is 1540. The minimum Gasteiger partial charge on any atom is -0.329 e. The molecule has 36 heavy (non-hydrogen) atoms. The number of halogens is 2. The predicted molar refractivity (Wildman–Crippen MR) is 135 cm³/mol. The van der Waals surface area contributed by atoms with Gasteiger partial charge in [-0.2, -0.15) is 0 Å². The number of aromatic nitrogens is 2. The number of hydrogen-bond donors (Lipinski definition) is 0. The second-order valence-corrected chi connectivity index (χ2v) is 8.62. The number of nitro benzene ring substituents is 1. The van der Waals surface area contributed by atoms with Crippen molar-refractivity contribution in [2.75, 3.05) is 6.54 Å². The first-order chi connectivity index (χ1) is 17.2. The van der Waals surface area contributed by atoms with Crippen molar-refractivity contribution in [3.05, 3.63) is 109 Å². The van der Waals surface area contributed by atoms with Gasteiger partial charge in [0.25, 0.3) is 17.2 Å². The lowest BCUT2D eigenvalue weighted by atomic mass is 10.1. The minimum absolute atomic E-state index is 0.143. The number of hydrogen-bond acceptors (Lipinski definition) is 5. The van der Waals surface area contributed by atoms with Crippen molar-refractivity contribution in [3.63, 3.8) is 0 Å². The summed E-state index contributed by atoms with van der Waals surface area (Å²) < 4.78 is 15.2. The normalized spacial score (nSPS) is 11.9. The summed E-state index contributed by atoms with van der Waals surface area (Å²) in [5, 5.41) is 11.4. The number of carbonyl (C=O) groups excluding carboxylic acids is 1. The summed E-state index contributed by atoms with van der Waals surface area (Å²) in [5.41, 5.74) is 0.277. The lowest BCUT2D eigenvalue weighted by Crippen LogP contribution is -2.38. The molecule has 4 rings (SSSR count). The van der Waals surface area contributed by atoms with Crippen LogP contribution in [0.3, 0.4) is 0 Å². The van der Waals surface area contributed by atoms with Gasteiger partial charge in [-0.05, 0) is 49.7 Å². The molecule has 1 amide bonds. The zero-order valence-corrected chi connectivity index (χ0v) is 20.3. The Hall–Kier alpha value is -4.11. The van der Waals surface area contributed by atoms with E-state index in [1.807, 2.05) is 6.92 Å². The lowest BCUT2D eigenvalue weighted by molar-refractivity contribution is -0.384. The first kappa shape index (κ1) is 25.0. The summed E-state index contributed by atoms with van der Waals surface area (Å²) in [6.07, 6.45) is 0.588. The Balaban J connectivity index is 1.91. The van der Waals surface area contributed by atoms with Crippen molar-refractivity contribution in [3.8, 4) is 5.69 Å². The average molecular weight is 509 g/mol. The lowest BCUT2D eigenvalue weighted by Gasteiger charge is -2.30. The predicted octanol–water partition coefficient (Wildman–Crippen LogP) is 5.70. The number of non-ortho nitro benzene ring substituents is 1. The Kier molecular flexibility index (Phi) is 7.12. The van der Waals surface area contributed by atoms with Crippen LogP contribution in [0.4, 0.5) is 10.1 Å². The van der Waals surface area contributed by atoms with Gasteiger partial charge >= 0.3 is 0 Å². The molecule has 1 atom stereocenters. The zero-order valence-electron chi connectivity index (χ0n) is 19.5. The number of fused-ring (bicyclic) bond motifs is 1. The topological polar surface area (TPSA) is 98.3 Å². The standard InChI is InChI=1S/C26H22ClFN4O4/c1-3-13-30(25(33)17-7-6-8-19(14-17)32(35)36)16(2)24-29-23-10-5-4-9-20(23)26(34)31(24)18-11-12-22(28)21(27)15-18/h4-12,14-16H,3,13H2,1-2H3. The van der Waals surface area contributed by atoms with E-state index in [0.29, 0.717) is 29.6 Å². The van der Waals surface area contributed by atoms with E-state index in [-0.39, 0.29) is 22.1 Å². The van der Waals surface area contributed by atoms with Gasteiger partial charge < -0.3 is 4.90 Å². The van der Waals surface area contributed by atoms with E-state index in [1.165, 1.54) is 45.9 Å². The van der Waals surface area contributed by atoms with Crippen LogP contribution >= 0.6 is 11.6 Å². The average Bonchev–Trinajstić information content (AvgIpc) is 2.88. The van der Waals surface area contributed by atoms with Crippen LogP contribution in [0.25, 0.3) is 16.6 Å². The van der Waals surface area contributed by atoms with Crippen molar-refractivity contribution >= 4 is 34.1 Å². The van der Waals surface area contributed by atoms with Crippen LogP contribution in [0, 0.1) is 15.9 Å². The third kappa shape index (κ3) is 4.70. The minimum atomic E-state index is -0.724. The zero-order chi connectivity index (χ0) is 26.0. The van der Waals surface area contributed by atoms with Crippen LogP contribution in [0.5, 0.6) is 0 Å². The van der Waals surface area contributed by atoms with E-state index in [0.717, 1.165) is 6.07 Å². The molecule has 0 aliphatic rings. The number of para-hydroxylation sites is 1. The fourth-order valence-electron chi connectivity index (χ4n) is 4.07. The van der Waals surface area contributed by atoms with Crippen molar-refractivity contribution < 1.29 is 14.1 Å². The van der Waals surface area contributed by atoms with E-state index in [4.69, 9.17) is 16.6 Å². The van der Waals surface area contributed by atoms with Crippen molar-refractivity contribution in [1.82, 2.24) is 14.5 Å². The Labute approximate surface area is 210 Å². The fourth-order valence-corrected chi connectivity index (χ4v) is 4.25. The van der Waals surface area contributed by atoms with Gasteiger partial charge in [0.2, 0.25) is 0 Å². The fraction of sp³-hybridized carbons (Fsp3) is 0.192. The molecule has 0 saturated carbocycles. The highest BCUT2D eigenvalue weighted by atomic mass is 35.5. The van der Waals surface area contributed by atoms with E-state index >= 15 is 0 Å². The van der Waals surface area contributed by atoms with Gasteiger partial charge in [0.15, 0.2) is 0 Å². The molecule has 4 aromatic rings. The van der Waals surface area contributed by atoms with Crippen LogP contribution in [0.2, 0.25) is 5.02 Å². The summed E-state index contributed by atoms with van der Waals surface area (Å²) in [6, 6.07) is 15.5. The molecule has 1 unspecified atom stereocenters. The van der Waals surface area contributed by atoms with Crippen LogP contribution in [0.15, 0.2) is 71.5 Å². The second-order valence-electron chi connectivity index (χ2n) is 8.21. The number of nitrogens with zero attached hydrogens (tertiary/aromatic N) is 4. The highest BCUT2D eigenvalue weighted by Crippen LogP contribution is 2.27. The number of amides is 1. The third-order valence-electron chi connectivity index (χ3n) is 5.83. The summed E-state index contributed by atoms with van der Waals surface area (Å²) in [4.78, 5) is 44.0. The SMILES string of the molecule is CCCN(C(=O)c1cccc([N+](=O)[O-])c1)C(C)c1nc2ccccc2c(=O)n1-c1ccc(F)c(Cl)c1. The highest BCUT2D eigenvalue weighted by molar-refractivity contribution is 6.30. The molecular formula is C26H22ClFN4O4. The molecule has 0 fully saturated rings. The maximum absolute atomic E-state index is 13.9. The largest absolute Gasteiger partial charge is 0.329 e. The quantitative estimate of drug-likeness (QED) is 0.235. The van der Waals surface area contributed by atoms with Crippen LogP contribution in [-0.4, -0.2) is 31.8 Å². The van der Waals surface area contributed by atoms with Gasteiger partial charge in [-0.15, -0.1) is 0 Å². The monoisotopic (exact) mass is 508 g/mol. The molecule has 10 heteroatoms. The number of benzene rings is 3. The molecule has 0 saturated heterocycles. The van der Waals surface area contributed by atoms with Crippen molar-refractivity contribution in [1.29, 1.82) is 0 Å². The molecule has 8 nitrogen and oxygen atoms in total. The summed E-state index contributed by atoms with van der Waals surface area (Å²) in [7, 11) is 0. The van der Waals surface area contributed by atoms with Crippen LogP contribution in [0.1, 0.15) is 42.5 Å². The Morgan fingerprint density at radius 1 is 1.17 bits per heavy atom. The molecule has 1 heterocycles. The molecule has 184 valence electrons. The van der Waals surface area contributed by atoms with E-state index in [9.17, 15) is 24.1 Å².